The largest absolute Gasteiger partial charge is 0.469 e. The number of rotatable bonds is 5. The zero-order valence-corrected chi connectivity index (χ0v) is 13.5. The molecule has 0 aliphatic carbocycles. The van der Waals surface area contributed by atoms with Gasteiger partial charge in [0, 0.05) is 52.6 Å². The normalized spacial score (nSPS) is 16.0. The predicted molar refractivity (Wildman–Crippen MR) is 86.8 cm³/mol. The second-order valence-corrected chi connectivity index (χ2v) is 5.45. The van der Waals surface area contributed by atoms with E-state index in [1.807, 2.05) is 17.0 Å². The second kappa shape index (κ2) is 8.46. The fourth-order valence-corrected chi connectivity index (χ4v) is 2.47. The minimum absolute atomic E-state index is 0.150. The molecule has 1 aromatic rings. The van der Waals surface area contributed by atoms with Crippen LogP contribution in [0.25, 0.3) is 0 Å². The molecule has 0 aromatic carbocycles. The minimum atomic E-state index is 0.150. The Kier molecular flexibility index (Phi) is 6.30. The van der Waals surface area contributed by atoms with Crippen molar-refractivity contribution in [2.75, 3.05) is 39.3 Å². The molecule has 1 fully saturated rings. The minimum Gasteiger partial charge on any atom is -0.469 e. The van der Waals surface area contributed by atoms with E-state index < -0.39 is 0 Å². The van der Waals surface area contributed by atoms with Crippen LogP contribution in [0.4, 0.5) is 0 Å². The molecule has 2 rings (SSSR count). The van der Waals surface area contributed by atoms with Crippen LogP contribution in [0.1, 0.15) is 26.0 Å². The fourth-order valence-electron chi connectivity index (χ4n) is 2.47. The van der Waals surface area contributed by atoms with Gasteiger partial charge in [-0.25, -0.2) is 0 Å². The molecule has 0 saturated carbocycles. The molecule has 22 heavy (non-hydrogen) atoms. The summed E-state index contributed by atoms with van der Waals surface area (Å²) in [5.74, 6) is 2.07. The van der Waals surface area contributed by atoms with Gasteiger partial charge in [0.1, 0.15) is 5.76 Å². The lowest BCUT2D eigenvalue weighted by Crippen LogP contribution is -2.53. The lowest BCUT2D eigenvalue weighted by molar-refractivity contribution is -0.130. The molecule has 1 N–H and O–H groups in total. The molecule has 122 valence electrons. The highest BCUT2D eigenvalue weighted by Gasteiger charge is 2.20. The highest BCUT2D eigenvalue weighted by atomic mass is 16.3. The highest BCUT2D eigenvalue weighted by molar-refractivity contribution is 5.80. The van der Waals surface area contributed by atoms with Crippen LogP contribution in [0.2, 0.25) is 0 Å². The molecular weight excluding hydrogens is 280 g/mol. The van der Waals surface area contributed by atoms with E-state index in [0.717, 1.165) is 63.8 Å². The van der Waals surface area contributed by atoms with E-state index in [1.165, 1.54) is 0 Å². The summed E-state index contributed by atoms with van der Waals surface area (Å²) in [6.07, 6.45) is 3.56. The van der Waals surface area contributed by atoms with E-state index in [1.54, 1.807) is 13.2 Å². The van der Waals surface area contributed by atoms with Gasteiger partial charge >= 0.3 is 0 Å². The zero-order chi connectivity index (χ0) is 15.8. The molecule has 0 radical (unpaired) electrons. The number of piperazine rings is 1. The first-order valence-electron chi connectivity index (χ1n) is 8.02. The number of hydrogen-bond donors (Lipinski definition) is 1. The third kappa shape index (κ3) is 4.79. The van der Waals surface area contributed by atoms with Crippen LogP contribution in [0.15, 0.2) is 27.8 Å². The van der Waals surface area contributed by atoms with Gasteiger partial charge < -0.3 is 19.5 Å². The van der Waals surface area contributed by atoms with Gasteiger partial charge in [0.05, 0.1) is 6.26 Å². The maximum atomic E-state index is 11.4. The number of nitrogens with zero attached hydrogens (tertiary/aromatic N) is 3. The molecule has 1 saturated heterocycles. The molecule has 1 aliphatic rings. The number of carbonyl (C=O) groups is 1. The lowest BCUT2D eigenvalue weighted by Gasteiger charge is -2.36. The number of hydrogen-bond acceptors (Lipinski definition) is 3. The number of amides is 1. The van der Waals surface area contributed by atoms with Crippen LogP contribution in [0.5, 0.6) is 0 Å². The average molecular weight is 306 g/mol. The SMILES string of the molecule is CCCN=C(NCCc1ccco1)N1CCN(C(C)=O)CC1. The summed E-state index contributed by atoms with van der Waals surface area (Å²) in [7, 11) is 0. The number of nitrogens with one attached hydrogen (secondary N) is 1. The van der Waals surface area contributed by atoms with Gasteiger partial charge in [0.15, 0.2) is 5.96 Å². The van der Waals surface area contributed by atoms with Gasteiger partial charge in [-0.2, -0.15) is 0 Å². The van der Waals surface area contributed by atoms with Crippen LogP contribution in [-0.2, 0) is 11.2 Å². The van der Waals surface area contributed by atoms with Crippen LogP contribution < -0.4 is 5.32 Å². The fraction of sp³-hybridized carbons (Fsp3) is 0.625. The van der Waals surface area contributed by atoms with Crippen LogP contribution in [-0.4, -0.2) is 60.9 Å². The van der Waals surface area contributed by atoms with Gasteiger partial charge in [-0.15, -0.1) is 0 Å². The topological polar surface area (TPSA) is 61.1 Å². The maximum Gasteiger partial charge on any atom is 0.219 e. The Labute approximate surface area is 132 Å². The predicted octanol–water partition coefficient (Wildman–Crippen LogP) is 1.34. The summed E-state index contributed by atoms with van der Waals surface area (Å²) in [5, 5.41) is 3.42. The number of carbonyl (C=O) groups excluding carboxylic acids is 1. The molecule has 0 bridgehead atoms. The van der Waals surface area contributed by atoms with Crippen molar-refractivity contribution in [2.24, 2.45) is 4.99 Å². The van der Waals surface area contributed by atoms with Crippen LogP contribution >= 0.6 is 0 Å². The summed E-state index contributed by atoms with van der Waals surface area (Å²) in [6, 6.07) is 3.89. The van der Waals surface area contributed by atoms with Gasteiger partial charge in [0.25, 0.3) is 0 Å². The monoisotopic (exact) mass is 306 g/mol. The summed E-state index contributed by atoms with van der Waals surface area (Å²) >= 11 is 0. The molecule has 0 unspecified atom stereocenters. The second-order valence-electron chi connectivity index (χ2n) is 5.45. The Bertz CT molecular complexity index is 476. The first kappa shape index (κ1) is 16.4. The quantitative estimate of drug-likeness (QED) is 0.659. The molecule has 1 amide bonds. The van der Waals surface area contributed by atoms with Crippen LogP contribution in [0.3, 0.4) is 0 Å². The van der Waals surface area contributed by atoms with Crippen molar-refractivity contribution in [1.29, 1.82) is 0 Å². The third-order valence-corrected chi connectivity index (χ3v) is 3.74. The van der Waals surface area contributed by atoms with Gasteiger partial charge in [-0.3, -0.25) is 9.79 Å². The summed E-state index contributed by atoms with van der Waals surface area (Å²) in [6.45, 7) is 8.55. The van der Waals surface area contributed by atoms with E-state index >= 15 is 0 Å². The van der Waals surface area contributed by atoms with Crippen molar-refractivity contribution >= 4 is 11.9 Å². The smallest absolute Gasteiger partial charge is 0.219 e. The molecule has 6 nitrogen and oxygen atoms in total. The van der Waals surface area contributed by atoms with Crippen molar-refractivity contribution in [3.8, 4) is 0 Å². The molecule has 2 heterocycles. The summed E-state index contributed by atoms with van der Waals surface area (Å²) in [5.41, 5.74) is 0. The third-order valence-electron chi connectivity index (χ3n) is 3.74. The van der Waals surface area contributed by atoms with Gasteiger partial charge in [0.2, 0.25) is 5.91 Å². The van der Waals surface area contributed by atoms with Gasteiger partial charge in [-0.1, -0.05) is 6.92 Å². The van der Waals surface area contributed by atoms with E-state index in [2.05, 4.69) is 22.1 Å². The zero-order valence-electron chi connectivity index (χ0n) is 13.5. The Morgan fingerprint density at radius 2 is 2.05 bits per heavy atom. The first-order chi connectivity index (χ1) is 10.7. The van der Waals surface area contributed by atoms with Gasteiger partial charge in [-0.05, 0) is 18.6 Å². The van der Waals surface area contributed by atoms with Crippen LogP contribution in [0, 0.1) is 0 Å². The Morgan fingerprint density at radius 3 is 2.64 bits per heavy atom. The standard InChI is InChI=1S/C16H26N4O2/c1-3-7-17-16(18-8-6-15-5-4-13-22-15)20-11-9-19(10-12-20)14(2)21/h4-5,13H,3,6-12H2,1-2H3,(H,17,18). The maximum absolute atomic E-state index is 11.4. The Morgan fingerprint density at radius 1 is 1.32 bits per heavy atom. The number of aliphatic imine (C=N–C) groups is 1. The highest BCUT2D eigenvalue weighted by Crippen LogP contribution is 2.04. The molecule has 0 spiro atoms. The molecule has 6 heteroatoms. The van der Waals surface area contributed by atoms with E-state index in [4.69, 9.17) is 4.42 Å². The molecule has 1 aromatic heterocycles. The van der Waals surface area contributed by atoms with E-state index in [-0.39, 0.29) is 5.91 Å². The van der Waals surface area contributed by atoms with Crippen molar-refractivity contribution in [3.05, 3.63) is 24.2 Å². The molecular formula is C16H26N4O2. The average Bonchev–Trinajstić information content (AvgIpc) is 3.04. The first-order valence-corrected chi connectivity index (χ1v) is 8.02. The number of furan rings is 1. The van der Waals surface area contributed by atoms with Crippen molar-refractivity contribution in [2.45, 2.75) is 26.7 Å². The molecule has 0 atom stereocenters. The number of guanidine groups is 1. The van der Waals surface area contributed by atoms with E-state index in [0.29, 0.717) is 0 Å². The molecule has 1 aliphatic heterocycles. The Balaban J connectivity index is 1.85. The van der Waals surface area contributed by atoms with Crippen molar-refractivity contribution in [1.82, 2.24) is 15.1 Å². The summed E-state index contributed by atoms with van der Waals surface area (Å²) in [4.78, 5) is 20.2. The lowest BCUT2D eigenvalue weighted by atomic mass is 10.3. The van der Waals surface area contributed by atoms with E-state index in [9.17, 15) is 4.79 Å². The van der Waals surface area contributed by atoms with Crippen molar-refractivity contribution < 1.29 is 9.21 Å². The van der Waals surface area contributed by atoms with Crippen molar-refractivity contribution in [3.63, 3.8) is 0 Å². The Hall–Kier alpha value is -1.98. The summed E-state index contributed by atoms with van der Waals surface area (Å²) < 4.78 is 5.34.